The van der Waals surface area contributed by atoms with Crippen LogP contribution in [0.3, 0.4) is 0 Å². The molecule has 1 fully saturated rings. The van der Waals surface area contributed by atoms with E-state index in [1.807, 2.05) is 0 Å². The number of hydrogen-bond acceptors (Lipinski definition) is 3. The van der Waals surface area contributed by atoms with Crippen molar-refractivity contribution < 1.29 is 9.53 Å². The summed E-state index contributed by atoms with van der Waals surface area (Å²) in [7, 11) is 0. The smallest absolute Gasteiger partial charge is 0.138 e. The minimum Gasteiger partial charge on any atom is -0.381 e. The highest BCUT2D eigenvalue weighted by Gasteiger charge is 2.22. The maximum Gasteiger partial charge on any atom is 0.138 e. The fourth-order valence-corrected chi connectivity index (χ4v) is 1.61. The molecule has 0 saturated carbocycles. The zero-order valence-electron chi connectivity index (χ0n) is 8.13. The normalized spacial score (nSPS) is 22.1. The second-order valence-electron chi connectivity index (χ2n) is 3.63. The predicted octanol–water partition coefficient (Wildman–Crippen LogP) is 1.11. The van der Waals surface area contributed by atoms with Crippen molar-refractivity contribution >= 4 is 5.78 Å². The Morgan fingerprint density at radius 2 is 2.23 bits per heavy atom. The summed E-state index contributed by atoms with van der Waals surface area (Å²) in [6.45, 7) is 2.15. The lowest BCUT2D eigenvalue weighted by Gasteiger charge is -2.05. The first-order chi connectivity index (χ1) is 6.34. The number of ether oxygens (including phenoxy) is 1. The number of carbonyl (C=O) groups excluding carboxylic acids is 1. The van der Waals surface area contributed by atoms with Gasteiger partial charge in [0.05, 0.1) is 6.61 Å². The number of rotatable bonds is 6. The molecule has 3 heteroatoms. The first kappa shape index (κ1) is 10.7. The van der Waals surface area contributed by atoms with E-state index in [0.717, 1.165) is 38.8 Å². The quantitative estimate of drug-likeness (QED) is 0.631. The molecule has 0 aromatic carbocycles. The highest BCUT2D eigenvalue weighted by Crippen LogP contribution is 2.16. The molecular weight excluding hydrogens is 166 g/mol. The second-order valence-corrected chi connectivity index (χ2v) is 3.63. The van der Waals surface area contributed by atoms with Gasteiger partial charge in [-0.15, -0.1) is 0 Å². The van der Waals surface area contributed by atoms with Gasteiger partial charge >= 0.3 is 0 Å². The molecule has 1 aliphatic heterocycles. The van der Waals surface area contributed by atoms with Gasteiger partial charge in [0.2, 0.25) is 0 Å². The molecule has 0 aliphatic carbocycles. The van der Waals surface area contributed by atoms with E-state index in [-0.39, 0.29) is 5.92 Å². The maximum absolute atomic E-state index is 11.5. The number of hydrogen-bond donors (Lipinski definition) is 1. The lowest BCUT2D eigenvalue weighted by molar-refractivity contribution is -0.122. The molecule has 1 atom stereocenters. The summed E-state index contributed by atoms with van der Waals surface area (Å²) in [6, 6.07) is 0. The van der Waals surface area contributed by atoms with Gasteiger partial charge in [-0.2, -0.15) is 0 Å². The molecule has 0 radical (unpaired) electrons. The Kier molecular flexibility index (Phi) is 5.01. The van der Waals surface area contributed by atoms with Crippen LogP contribution in [0.4, 0.5) is 0 Å². The van der Waals surface area contributed by atoms with Crippen LogP contribution in [0.2, 0.25) is 0 Å². The monoisotopic (exact) mass is 185 g/mol. The van der Waals surface area contributed by atoms with E-state index in [2.05, 4.69) is 0 Å². The third-order valence-corrected chi connectivity index (χ3v) is 2.51. The molecule has 1 heterocycles. The van der Waals surface area contributed by atoms with Crippen molar-refractivity contribution in [2.45, 2.75) is 32.1 Å². The van der Waals surface area contributed by atoms with E-state index in [9.17, 15) is 4.79 Å². The summed E-state index contributed by atoms with van der Waals surface area (Å²) in [6.07, 6.45) is 4.75. The molecular formula is C10H19NO2. The van der Waals surface area contributed by atoms with E-state index in [0.29, 0.717) is 18.8 Å². The standard InChI is InChI=1S/C10H19NO2/c11-6-3-1-2-4-10(12)9-5-7-13-8-9/h9H,1-8,11H2. The molecule has 3 nitrogen and oxygen atoms in total. The summed E-state index contributed by atoms with van der Waals surface area (Å²) >= 11 is 0. The number of unbranched alkanes of at least 4 members (excludes halogenated alkanes) is 2. The number of Topliss-reactive ketones (excluding diaryl/α,β-unsaturated/α-hetero) is 1. The molecule has 13 heavy (non-hydrogen) atoms. The van der Waals surface area contributed by atoms with Gasteiger partial charge in [0.25, 0.3) is 0 Å². The van der Waals surface area contributed by atoms with Gasteiger partial charge in [-0.05, 0) is 25.8 Å². The molecule has 76 valence electrons. The van der Waals surface area contributed by atoms with E-state index in [1.54, 1.807) is 0 Å². The van der Waals surface area contributed by atoms with Crippen molar-refractivity contribution in [2.75, 3.05) is 19.8 Å². The molecule has 0 amide bonds. The van der Waals surface area contributed by atoms with Gasteiger partial charge in [-0.25, -0.2) is 0 Å². The van der Waals surface area contributed by atoms with Crippen molar-refractivity contribution in [3.8, 4) is 0 Å². The Morgan fingerprint density at radius 1 is 1.38 bits per heavy atom. The molecule has 0 aromatic rings. The van der Waals surface area contributed by atoms with Crippen LogP contribution >= 0.6 is 0 Å². The van der Waals surface area contributed by atoms with Gasteiger partial charge in [-0.1, -0.05) is 6.42 Å². The van der Waals surface area contributed by atoms with Crippen LogP contribution in [0.5, 0.6) is 0 Å². The molecule has 1 saturated heterocycles. The van der Waals surface area contributed by atoms with Crippen LogP contribution in [0, 0.1) is 5.92 Å². The van der Waals surface area contributed by atoms with Crippen LogP contribution in [0.1, 0.15) is 32.1 Å². The van der Waals surface area contributed by atoms with Crippen molar-refractivity contribution in [1.82, 2.24) is 0 Å². The topological polar surface area (TPSA) is 52.3 Å². The predicted molar refractivity (Wildman–Crippen MR) is 51.5 cm³/mol. The Morgan fingerprint density at radius 3 is 2.85 bits per heavy atom. The highest BCUT2D eigenvalue weighted by molar-refractivity contribution is 5.81. The molecule has 1 aliphatic rings. The third kappa shape index (κ3) is 3.87. The van der Waals surface area contributed by atoms with Crippen LogP contribution in [-0.4, -0.2) is 25.5 Å². The van der Waals surface area contributed by atoms with Gasteiger partial charge in [0.1, 0.15) is 5.78 Å². The molecule has 1 unspecified atom stereocenters. The number of carbonyl (C=O) groups is 1. The molecule has 2 N–H and O–H groups in total. The summed E-state index contributed by atoms with van der Waals surface area (Å²) in [5.74, 6) is 0.576. The van der Waals surface area contributed by atoms with Gasteiger partial charge < -0.3 is 10.5 Å². The van der Waals surface area contributed by atoms with Crippen molar-refractivity contribution in [2.24, 2.45) is 11.7 Å². The van der Waals surface area contributed by atoms with Gasteiger partial charge in [0.15, 0.2) is 0 Å². The van der Waals surface area contributed by atoms with Gasteiger partial charge in [-0.3, -0.25) is 4.79 Å². The number of nitrogens with two attached hydrogens (primary N) is 1. The first-order valence-electron chi connectivity index (χ1n) is 5.15. The van der Waals surface area contributed by atoms with E-state index in [1.165, 1.54) is 0 Å². The van der Waals surface area contributed by atoms with Crippen LogP contribution < -0.4 is 5.73 Å². The fraction of sp³-hybridized carbons (Fsp3) is 0.900. The summed E-state index contributed by atoms with van der Waals surface area (Å²) in [4.78, 5) is 11.5. The minimum absolute atomic E-state index is 0.192. The van der Waals surface area contributed by atoms with E-state index >= 15 is 0 Å². The Bertz CT molecular complexity index is 153. The van der Waals surface area contributed by atoms with Crippen LogP contribution in [0.25, 0.3) is 0 Å². The second kappa shape index (κ2) is 6.11. The Hall–Kier alpha value is -0.410. The zero-order valence-corrected chi connectivity index (χ0v) is 8.13. The Balaban J connectivity index is 2.03. The minimum atomic E-state index is 0.192. The molecule has 1 rings (SSSR count). The fourth-order valence-electron chi connectivity index (χ4n) is 1.61. The van der Waals surface area contributed by atoms with Crippen LogP contribution in [-0.2, 0) is 9.53 Å². The van der Waals surface area contributed by atoms with Crippen molar-refractivity contribution in [3.63, 3.8) is 0 Å². The third-order valence-electron chi connectivity index (χ3n) is 2.51. The highest BCUT2D eigenvalue weighted by atomic mass is 16.5. The average molecular weight is 185 g/mol. The molecule has 0 aromatic heterocycles. The first-order valence-corrected chi connectivity index (χ1v) is 5.15. The lowest BCUT2D eigenvalue weighted by Crippen LogP contribution is -2.14. The molecule has 0 spiro atoms. The number of ketones is 1. The van der Waals surface area contributed by atoms with E-state index in [4.69, 9.17) is 10.5 Å². The zero-order chi connectivity index (χ0) is 9.52. The summed E-state index contributed by atoms with van der Waals surface area (Å²) in [5, 5.41) is 0. The van der Waals surface area contributed by atoms with E-state index < -0.39 is 0 Å². The lowest BCUT2D eigenvalue weighted by atomic mass is 9.99. The average Bonchev–Trinajstić information content (AvgIpc) is 2.65. The summed E-state index contributed by atoms with van der Waals surface area (Å²) in [5.41, 5.74) is 5.36. The largest absolute Gasteiger partial charge is 0.381 e. The van der Waals surface area contributed by atoms with Crippen molar-refractivity contribution in [1.29, 1.82) is 0 Å². The van der Waals surface area contributed by atoms with Crippen molar-refractivity contribution in [3.05, 3.63) is 0 Å². The summed E-state index contributed by atoms with van der Waals surface area (Å²) < 4.78 is 5.16. The van der Waals surface area contributed by atoms with Gasteiger partial charge in [0, 0.05) is 18.9 Å². The SMILES string of the molecule is NCCCCCC(=O)C1CCOC1. The van der Waals surface area contributed by atoms with Crippen LogP contribution in [0.15, 0.2) is 0 Å². The maximum atomic E-state index is 11.5. The molecule has 0 bridgehead atoms. The Labute approximate surface area is 79.6 Å².